The highest BCUT2D eigenvalue weighted by Crippen LogP contribution is 2.25. The van der Waals surface area contributed by atoms with Gasteiger partial charge in [-0.25, -0.2) is 8.42 Å². The molecule has 0 saturated carbocycles. The lowest BCUT2D eigenvalue weighted by Gasteiger charge is -2.27. The highest BCUT2D eigenvalue weighted by molar-refractivity contribution is 7.91. The second-order valence-corrected chi connectivity index (χ2v) is 8.57. The number of carbonyl (C=O) groups is 1. The van der Waals surface area contributed by atoms with Crippen molar-refractivity contribution in [3.63, 3.8) is 0 Å². The minimum atomic E-state index is -3.04. The Morgan fingerprint density at radius 1 is 1.27 bits per heavy atom. The molecule has 0 radical (unpaired) electrons. The van der Waals surface area contributed by atoms with Crippen molar-refractivity contribution >= 4 is 15.7 Å². The Balaban J connectivity index is 1.87. The molecule has 1 aromatic carbocycles. The van der Waals surface area contributed by atoms with Gasteiger partial charge in [-0.2, -0.15) is 0 Å². The molecule has 1 fully saturated rings. The zero-order chi connectivity index (χ0) is 18.7. The molecule has 3 rings (SSSR count). The summed E-state index contributed by atoms with van der Waals surface area (Å²) in [6.07, 6.45) is 3.84. The Bertz CT molecular complexity index is 911. The van der Waals surface area contributed by atoms with E-state index < -0.39 is 9.84 Å². The molecular formula is C19H22N2O4S. The van der Waals surface area contributed by atoms with E-state index in [0.717, 1.165) is 11.1 Å². The van der Waals surface area contributed by atoms with E-state index in [1.165, 1.54) is 0 Å². The largest absolute Gasteiger partial charge is 0.495 e. The fourth-order valence-electron chi connectivity index (χ4n) is 3.27. The first-order valence-corrected chi connectivity index (χ1v) is 10.4. The maximum Gasteiger partial charge on any atom is 0.254 e. The second-order valence-electron chi connectivity index (χ2n) is 6.34. The predicted octanol–water partition coefficient (Wildman–Crippen LogP) is 2.41. The van der Waals surface area contributed by atoms with Gasteiger partial charge in [0.1, 0.15) is 5.75 Å². The van der Waals surface area contributed by atoms with Crippen LogP contribution >= 0.6 is 0 Å². The van der Waals surface area contributed by atoms with Crippen molar-refractivity contribution in [1.82, 2.24) is 9.88 Å². The van der Waals surface area contributed by atoms with Crippen LogP contribution in [-0.4, -0.2) is 55.4 Å². The van der Waals surface area contributed by atoms with E-state index >= 15 is 0 Å². The molecule has 1 aliphatic heterocycles. The van der Waals surface area contributed by atoms with Crippen molar-refractivity contribution < 1.29 is 17.9 Å². The minimum absolute atomic E-state index is 0.0477. The number of methoxy groups -OCH3 is 1. The highest BCUT2D eigenvalue weighted by atomic mass is 32.2. The molecule has 0 unspecified atom stereocenters. The third kappa shape index (κ3) is 3.88. The smallest absolute Gasteiger partial charge is 0.254 e. The van der Waals surface area contributed by atoms with E-state index in [0.29, 0.717) is 24.3 Å². The molecule has 1 atom stereocenters. The predicted molar refractivity (Wildman–Crippen MR) is 100.0 cm³/mol. The summed E-state index contributed by atoms with van der Waals surface area (Å²) >= 11 is 0. The number of amides is 1. The first-order valence-electron chi connectivity index (χ1n) is 8.54. The van der Waals surface area contributed by atoms with Crippen molar-refractivity contribution in [2.45, 2.75) is 19.4 Å². The van der Waals surface area contributed by atoms with Crippen molar-refractivity contribution in [2.75, 3.05) is 25.2 Å². The van der Waals surface area contributed by atoms with E-state index in [1.54, 1.807) is 30.5 Å². The number of nitrogens with zero attached hydrogens (tertiary/aromatic N) is 2. The van der Waals surface area contributed by atoms with Crippen LogP contribution in [0.2, 0.25) is 0 Å². The summed E-state index contributed by atoms with van der Waals surface area (Å²) in [6, 6.07) is 8.90. The van der Waals surface area contributed by atoms with E-state index in [1.807, 2.05) is 31.2 Å². The van der Waals surface area contributed by atoms with Gasteiger partial charge in [-0.05, 0) is 37.1 Å². The fraction of sp³-hybridized carbons (Fsp3) is 0.368. The van der Waals surface area contributed by atoms with Crippen LogP contribution in [0.3, 0.4) is 0 Å². The highest BCUT2D eigenvalue weighted by Gasteiger charge is 2.34. The van der Waals surface area contributed by atoms with Gasteiger partial charge in [-0.1, -0.05) is 12.1 Å². The van der Waals surface area contributed by atoms with Gasteiger partial charge in [0.2, 0.25) is 0 Å². The molecule has 1 aromatic heterocycles. The van der Waals surface area contributed by atoms with Gasteiger partial charge in [0, 0.05) is 29.9 Å². The molecule has 0 bridgehead atoms. The van der Waals surface area contributed by atoms with Crippen molar-refractivity contribution in [1.29, 1.82) is 0 Å². The first-order chi connectivity index (χ1) is 12.4. The summed E-state index contributed by atoms with van der Waals surface area (Å²) in [5, 5.41) is 0. The summed E-state index contributed by atoms with van der Waals surface area (Å²) in [6.45, 7) is 2.35. The number of carbonyl (C=O) groups excluding carboxylic acids is 1. The number of rotatable bonds is 5. The molecule has 1 amide bonds. The third-order valence-electron chi connectivity index (χ3n) is 4.64. The monoisotopic (exact) mass is 374 g/mol. The van der Waals surface area contributed by atoms with E-state index in [4.69, 9.17) is 4.74 Å². The molecule has 0 N–H and O–H groups in total. The number of sulfone groups is 1. The second kappa shape index (κ2) is 7.45. The summed E-state index contributed by atoms with van der Waals surface area (Å²) in [5.74, 6) is 0.695. The van der Waals surface area contributed by atoms with E-state index in [2.05, 4.69) is 4.98 Å². The Morgan fingerprint density at radius 3 is 2.73 bits per heavy atom. The molecular weight excluding hydrogens is 352 g/mol. The number of hydrogen-bond donors (Lipinski definition) is 0. The lowest BCUT2D eigenvalue weighted by Crippen LogP contribution is -2.40. The Kier molecular flexibility index (Phi) is 5.27. The van der Waals surface area contributed by atoms with Gasteiger partial charge in [-0.15, -0.1) is 0 Å². The van der Waals surface area contributed by atoms with Gasteiger partial charge in [0.25, 0.3) is 5.91 Å². The van der Waals surface area contributed by atoms with Crippen LogP contribution in [0.1, 0.15) is 23.7 Å². The first kappa shape index (κ1) is 18.4. The van der Waals surface area contributed by atoms with Crippen LogP contribution < -0.4 is 4.74 Å². The quantitative estimate of drug-likeness (QED) is 0.803. The Hall–Kier alpha value is -2.41. The average Bonchev–Trinajstić information content (AvgIpc) is 3.02. The van der Waals surface area contributed by atoms with Crippen molar-refractivity contribution in [3.8, 4) is 16.9 Å². The third-order valence-corrected chi connectivity index (χ3v) is 6.39. The number of ether oxygens (including phenoxy) is 1. The van der Waals surface area contributed by atoms with Crippen LogP contribution in [-0.2, 0) is 9.84 Å². The van der Waals surface area contributed by atoms with Crippen LogP contribution in [0, 0.1) is 0 Å². The molecule has 1 saturated heterocycles. The maximum atomic E-state index is 13.0. The fourth-order valence-corrected chi connectivity index (χ4v) is 5.01. The van der Waals surface area contributed by atoms with Crippen LogP contribution in [0.25, 0.3) is 11.1 Å². The molecule has 2 heterocycles. The summed E-state index contributed by atoms with van der Waals surface area (Å²) < 4.78 is 28.7. The van der Waals surface area contributed by atoms with Crippen molar-refractivity contribution in [2.24, 2.45) is 0 Å². The number of aromatic nitrogens is 1. The normalized spacial score (nSPS) is 18.5. The number of pyridine rings is 1. The molecule has 7 heteroatoms. The number of benzene rings is 1. The van der Waals surface area contributed by atoms with Crippen LogP contribution in [0.5, 0.6) is 5.75 Å². The molecule has 138 valence electrons. The van der Waals surface area contributed by atoms with Crippen molar-refractivity contribution in [3.05, 3.63) is 48.3 Å². The number of hydrogen-bond acceptors (Lipinski definition) is 5. The lowest BCUT2D eigenvalue weighted by atomic mass is 10.0. The zero-order valence-corrected chi connectivity index (χ0v) is 15.7. The van der Waals surface area contributed by atoms with Crippen LogP contribution in [0.4, 0.5) is 0 Å². The van der Waals surface area contributed by atoms with E-state index in [9.17, 15) is 13.2 Å². The van der Waals surface area contributed by atoms with Gasteiger partial charge in [-0.3, -0.25) is 9.78 Å². The average molecular weight is 374 g/mol. The van der Waals surface area contributed by atoms with Gasteiger partial charge >= 0.3 is 0 Å². The van der Waals surface area contributed by atoms with Gasteiger partial charge < -0.3 is 9.64 Å². The van der Waals surface area contributed by atoms with Crippen LogP contribution in [0.15, 0.2) is 42.7 Å². The van der Waals surface area contributed by atoms with E-state index in [-0.39, 0.29) is 23.5 Å². The Morgan fingerprint density at radius 2 is 2.08 bits per heavy atom. The minimum Gasteiger partial charge on any atom is -0.495 e. The van der Waals surface area contributed by atoms with Gasteiger partial charge in [0.05, 0.1) is 24.8 Å². The topological polar surface area (TPSA) is 76.6 Å². The zero-order valence-electron chi connectivity index (χ0n) is 14.9. The maximum absolute atomic E-state index is 13.0. The standard InChI is InChI=1S/C19H22N2O4S/c1-3-21(17-7-8-26(23,24)13-17)19(22)15-6-4-5-14(9-15)16-10-18(25-2)12-20-11-16/h4-6,9-12,17H,3,7-8,13H2,1-2H3/t17-/m0/s1. The molecule has 1 aliphatic rings. The Labute approximate surface area is 153 Å². The lowest BCUT2D eigenvalue weighted by molar-refractivity contribution is 0.0708. The molecule has 26 heavy (non-hydrogen) atoms. The molecule has 6 nitrogen and oxygen atoms in total. The van der Waals surface area contributed by atoms with Gasteiger partial charge in [0.15, 0.2) is 9.84 Å². The summed E-state index contributed by atoms with van der Waals surface area (Å²) in [4.78, 5) is 18.8. The molecule has 0 spiro atoms. The SMILES string of the molecule is CCN(C(=O)c1cccc(-c2cncc(OC)c2)c1)[C@H]1CCS(=O)(=O)C1. The summed E-state index contributed by atoms with van der Waals surface area (Å²) in [5.41, 5.74) is 2.25. The molecule has 0 aliphatic carbocycles. The molecule has 2 aromatic rings. The summed E-state index contributed by atoms with van der Waals surface area (Å²) in [7, 11) is -1.46.